The van der Waals surface area contributed by atoms with Crippen molar-refractivity contribution in [3.63, 3.8) is 0 Å². The zero-order valence-electron chi connectivity index (χ0n) is 23.5. The molecule has 1 spiro atoms. The minimum Gasteiger partial charge on any atom is -0.389 e. The van der Waals surface area contributed by atoms with Gasteiger partial charge in [-0.2, -0.15) is 4.31 Å². The number of fused-ring (bicyclic) bond motifs is 1. The molecular formula is C30H39N3O7S2. The fourth-order valence-electron chi connectivity index (χ4n) is 5.87. The van der Waals surface area contributed by atoms with Crippen molar-refractivity contribution >= 4 is 30.8 Å². The molecule has 0 bridgehead atoms. The van der Waals surface area contributed by atoms with Gasteiger partial charge >= 0.3 is 0 Å². The number of hydrogen-bond donors (Lipinski definition) is 3. The van der Waals surface area contributed by atoms with Crippen LogP contribution in [-0.2, 0) is 35.9 Å². The Labute approximate surface area is 247 Å². The highest BCUT2D eigenvalue weighted by Gasteiger charge is 2.44. The number of benzene rings is 3. The Kier molecular flexibility index (Phi) is 9.65. The lowest BCUT2D eigenvalue weighted by Gasteiger charge is -2.38. The highest BCUT2D eigenvalue weighted by Crippen LogP contribution is 2.37. The summed E-state index contributed by atoms with van der Waals surface area (Å²) < 4.78 is 63.5. The normalized spacial score (nSPS) is 20.3. The predicted molar refractivity (Wildman–Crippen MR) is 160 cm³/mol. The van der Waals surface area contributed by atoms with Gasteiger partial charge in [0.25, 0.3) is 0 Å². The first kappa shape index (κ1) is 31.0. The van der Waals surface area contributed by atoms with Crippen molar-refractivity contribution in [1.82, 2.24) is 9.62 Å². The molecule has 0 amide bonds. The van der Waals surface area contributed by atoms with Crippen LogP contribution in [0.25, 0.3) is 10.8 Å². The Morgan fingerprint density at radius 3 is 2.50 bits per heavy atom. The number of nitrogens with two attached hydrogens (primary N) is 1. The van der Waals surface area contributed by atoms with Crippen LogP contribution in [0.4, 0.5) is 0 Å². The summed E-state index contributed by atoms with van der Waals surface area (Å²) in [6.07, 6.45) is 2.40. The average molecular weight is 618 g/mol. The lowest BCUT2D eigenvalue weighted by atomic mass is 9.88. The van der Waals surface area contributed by atoms with Gasteiger partial charge in [0.1, 0.15) is 0 Å². The lowest BCUT2D eigenvalue weighted by Crippen LogP contribution is -2.47. The third-order valence-corrected chi connectivity index (χ3v) is 11.1. The number of sulfonamides is 2. The molecule has 2 atom stereocenters. The summed E-state index contributed by atoms with van der Waals surface area (Å²) in [7, 11) is -7.36. The molecule has 2 aliphatic rings. The van der Waals surface area contributed by atoms with Crippen LogP contribution in [0.2, 0.25) is 0 Å². The fourth-order valence-corrected chi connectivity index (χ4v) is 8.15. The smallest absolute Gasteiger partial charge is 0.243 e. The maximum absolute atomic E-state index is 13.3. The minimum absolute atomic E-state index is 0.0676. The van der Waals surface area contributed by atoms with E-state index in [1.54, 1.807) is 34.6 Å². The monoisotopic (exact) mass is 617 g/mol. The van der Waals surface area contributed by atoms with Crippen molar-refractivity contribution in [2.45, 2.75) is 59.6 Å². The molecule has 228 valence electrons. The number of rotatable bonds is 12. The SMILES string of the molecule is NS(=O)(=O)c1ccccc1CCCOCC(O)CNC1COC2(CCN(S(=O)(=O)c3ccc4ccccc4c3)CC2)C1. The number of nitrogens with zero attached hydrogens (tertiary/aromatic N) is 1. The lowest BCUT2D eigenvalue weighted by molar-refractivity contribution is -0.0312. The van der Waals surface area contributed by atoms with Gasteiger partial charge in [-0.05, 0) is 66.6 Å². The number of piperidine rings is 1. The van der Waals surface area contributed by atoms with Gasteiger partial charge in [0.05, 0.1) is 34.7 Å². The summed E-state index contributed by atoms with van der Waals surface area (Å²) >= 11 is 0. The number of aliphatic hydroxyl groups is 1. The summed E-state index contributed by atoms with van der Waals surface area (Å²) in [5.41, 5.74) is 0.292. The first-order chi connectivity index (χ1) is 20.1. The first-order valence-corrected chi connectivity index (χ1v) is 17.3. The summed E-state index contributed by atoms with van der Waals surface area (Å²) in [6, 6.07) is 19.7. The van der Waals surface area contributed by atoms with E-state index in [0.717, 1.165) is 17.2 Å². The number of aliphatic hydroxyl groups excluding tert-OH is 1. The van der Waals surface area contributed by atoms with Crippen molar-refractivity contribution in [3.8, 4) is 0 Å². The molecule has 2 aliphatic heterocycles. The van der Waals surface area contributed by atoms with Crippen molar-refractivity contribution in [2.75, 3.05) is 39.5 Å². The van der Waals surface area contributed by atoms with Crippen molar-refractivity contribution in [2.24, 2.45) is 5.14 Å². The number of ether oxygens (including phenoxy) is 2. The van der Waals surface area contributed by atoms with Gasteiger partial charge in [-0.1, -0.05) is 48.5 Å². The first-order valence-electron chi connectivity index (χ1n) is 14.3. The van der Waals surface area contributed by atoms with E-state index in [9.17, 15) is 21.9 Å². The molecule has 4 N–H and O–H groups in total. The molecular weight excluding hydrogens is 578 g/mol. The van der Waals surface area contributed by atoms with Crippen LogP contribution in [0, 0.1) is 0 Å². The molecule has 0 saturated carbocycles. The van der Waals surface area contributed by atoms with Crippen LogP contribution in [0.15, 0.2) is 76.5 Å². The van der Waals surface area contributed by atoms with Crippen LogP contribution >= 0.6 is 0 Å². The number of hydrogen-bond acceptors (Lipinski definition) is 8. The summed E-state index contributed by atoms with van der Waals surface area (Å²) in [5, 5.41) is 20.9. The summed E-state index contributed by atoms with van der Waals surface area (Å²) in [6.45, 7) is 2.20. The third kappa shape index (κ3) is 7.37. The highest BCUT2D eigenvalue weighted by molar-refractivity contribution is 7.89. The number of primary sulfonamides is 1. The molecule has 2 saturated heterocycles. The van der Waals surface area contributed by atoms with Gasteiger partial charge in [0.15, 0.2) is 0 Å². The molecule has 2 unspecified atom stereocenters. The van der Waals surface area contributed by atoms with Crippen LogP contribution in [0.5, 0.6) is 0 Å². The zero-order chi connectivity index (χ0) is 29.8. The second-order valence-electron chi connectivity index (χ2n) is 11.2. The Balaban J connectivity index is 1.02. The number of aryl methyl sites for hydroxylation is 1. The molecule has 12 heteroatoms. The standard InChI is InChI=1S/C30H39N3O7S2/c31-41(35,36)29-10-4-3-7-24(29)9-5-17-39-22-27(34)20-32-26-19-30(40-21-26)13-15-33(16-14-30)42(37,38)28-12-11-23-6-1-2-8-25(23)18-28/h1-4,6-8,10-12,18,26-27,32,34H,5,9,13-17,19-22H2,(H2,31,35,36). The van der Waals surface area contributed by atoms with Crippen LogP contribution in [0.3, 0.4) is 0 Å². The van der Waals surface area contributed by atoms with E-state index in [1.165, 1.54) is 6.07 Å². The zero-order valence-corrected chi connectivity index (χ0v) is 25.2. The van der Waals surface area contributed by atoms with E-state index in [-0.39, 0.29) is 23.1 Å². The van der Waals surface area contributed by atoms with Gasteiger partial charge < -0.3 is 19.9 Å². The molecule has 3 aromatic carbocycles. The minimum atomic E-state index is -3.77. The predicted octanol–water partition coefficient (Wildman–Crippen LogP) is 2.40. The van der Waals surface area contributed by atoms with Gasteiger partial charge in [-0.25, -0.2) is 22.0 Å². The highest BCUT2D eigenvalue weighted by atomic mass is 32.2. The van der Waals surface area contributed by atoms with Gasteiger partial charge in [0.2, 0.25) is 20.0 Å². The Hall–Kier alpha value is -2.42. The Morgan fingerprint density at radius 1 is 1.02 bits per heavy atom. The molecule has 5 rings (SSSR count). The largest absolute Gasteiger partial charge is 0.389 e. The van der Waals surface area contributed by atoms with Crippen molar-refractivity contribution in [1.29, 1.82) is 0 Å². The van der Waals surface area contributed by atoms with Gasteiger partial charge in [0, 0.05) is 32.3 Å². The van der Waals surface area contributed by atoms with Gasteiger partial charge in [-0.3, -0.25) is 0 Å². The van der Waals surface area contributed by atoms with E-state index in [0.29, 0.717) is 69.0 Å². The Morgan fingerprint density at radius 2 is 1.74 bits per heavy atom. The second-order valence-corrected chi connectivity index (χ2v) is 14.7. The molecule has 42 heavy (non-hydrogen) atoms. The summed E-state index contributed by atoms with van der Waals surface area (Å²) in [5.74, 6) is 0. The van der Waals surface area contributed by atoms with Crippen molar-refractivity contribution < 1.29 is 31.4 Å². The van der Waals surface area contributed by atoms with E-state index in [2.05, 4.69) is 5.32 Å². The molecule has 2 fully saturated rings. The van der Waals surface area contributed by atoms with E-state index in [4.69, 9.17) is 14.6 Å². The molecule has 2 heterocycles. The second kappa shape index (κ2) is 13.1. The topological polar surface area (TPSA) is 148 Å². The summed E-state index contributed by atoms with van der Waals surface area (Å²) in [4.78, 5) is 0.441. The third-order valence-electron chi connectivity index (χ3n) is 8.17. The van der Waals surface area contributed by atoms with Gasteiger partial charge in [-0.15, -0.1) is 0 Å². The quantitative estimate of drug-likeness (QED) is 0.263. The average Bonchev–Trinajstić information content (AvgIpc) is 3.37. The molecule has 0 aliphatic carbocycles. The van der Waals surface area contributed by atoms with Crippen molar-refractivity contribution in [3.05, 3.63) is 72.3 Å². The van der Waals surface area contributed by atoms with E-state index >= 15 is 0 Å². The maximum Gasteiger partial charge on any atom is 0.243 e. The van der Waals surface area contributed by atoms with E-state index < -0.39 is 26.2 Å². The van der Waals surface area contributed by atoms with Crippen LogP contribution in [-0.4, -0.2) is 83.4 Å². The van der Waals surface area contributed by atoms with Crippen LogP contribution < -0.4 is 10.5 Å². The molecule has 3 aromatic rings. The Bertz CT molecular complexity index is 1590. The van der Waals surface area contributed by atoms with E-state index in [1.807, 2.05) is 30.3 Å². The maximum atomic E-state index is 13.3. The van der Waals surface area contributed by atoms with Crippen LogP contribution in [0.1, 0.15) is 31.2 Å². The molecule has 10 nitrogen and oxygen atoms in total. The fraction of sp³-hybridized carbons (Fsp3) is 0.467. The molecule has 0 radical (unpaired) electrons. The molecule has 0 aromatic heterocycles. The number of nitrogens with one attached hydrogen (secondary N) is 1.